The predicted molar refractivity (Wildman–Crippen MR) is 138 cm³/mol. The minimum atomic E-state index is -0.978. The molecule has 1 aliphatic heterocycles. The van der Waals surface area contributed by atoms with Crippen LogP contribution in [0.5, 0.6) is 5.75 Å². The first kappa shape index (κ1) is 27.8. The molecule has 4 rings (SSSR count). The van der Waals surface area contributed by atoms with Crippen molar-refractivity contribution >= 4 is 29.4 Å². The van der Waals surface area contributed by atoms with Gasteiger partial charge in [-0.3, -0.25) is 19.2 Å². The lowest BCUT2D eigenvalue weighted by atomic mass is 9.67. The van der Waals surface area contributed by atoms with E-state index in [4.69, 9.17) is 21.1 Å². The molecule has 0 radical (unpaired) electrons. The number of carbonyl (C=O) groups is 3. The average Bonchev–Trinajstić information content (AvgIpc) is 2.82. The van der Waals surface area contributed by atoms with Gasteiger partial charge in [0.05, 0.1) is 16.0 Å². The van der Waals surface area contributed by atoms with Gasteiger partial charge in [-0.15, -0.1) is 0 Å². The number of hydrogen-bond acceptors (Lipinski definition) is 6. The summed E-state index contributed by atoms with van der Waals surface area (Å²) in [4.78, 5) is 54.5. The molecule has 2 aromatic rings. The van der Waals surface area contributed by atoms with Crippen molar-refractivity contribution in [1.82, 2.24) is 14.8 Å². The molecule has 0 atom stereocenters. The van der Waals surface area contributed by atoms with E-state index in [1.807, 2.05) is 0 Å². The summed E-state index contributed by atoms with van der Waals surface area (Å²) in [6.07, 6.45) is 2.62. The second-order valence-corrected chi connectivity index (χ2v) is 11.5. The van der Waals surface area contributed by atoms with Crippen LogP contribution in [0.1, 0.15) is 60.0 Å². The highest BCUT2D eigenvalue weighted by atomic mass is 35.5. The summed E-state index contributed by atoms with van der Waals surface area (Å²) in [5, 5.41) is 2.45. The van der Waals surface area contributed by atoms with Gasteiger partial charge in [-0.05, 0) is 45.6 Å². The number of carbonyl (C=O) groups excluding carboxylic acids is 3. The zero-order valence-electron chi connectivity index (χ0n) is 22.0. The Hall–Kier alpha value is -3.24. The molecule has 0 saturated heterocycles. The molecule has 1 aromatic carbocycles. The van der Waals surface area contributed by atoms with E-state index in [1.54, 1.807) is 45.6 Å². The van der Waals surface area contributed by atoms with Crippen LogP contribution < -0.4 is 15.5 Å². The van der Waals surface area contributed by atoms with Gasteiger partial charge in [0, 0.05) is 45.6 Å². The Kier molecular flexibility index (Phi) is 7.42. The van der Waals surface area contributed by atoms with Gasteiger partial charge in [0.1, 0.15) is 11.4 Å². The number of rotatable bonds is 6. The van der Waals surface area contributed by atoms with Crippen LogP contribution in [-0.4, -0.2) is 54.6 Å². The topological polar surface area (TPSA) is 107 Å². The van der Waals surface area contributed by atoms with Crippen molar-refractivity contribution in [3.8, 4) is 5.75 Å². The van der Waals surface area contributed by atoms with Gasteiger partial charge in [-0.25, -0.2) is 4.39 Å². The van der Waals surface area contributed by atoms with Gasteiger partial charge in [0.2, 0.25) is 11.2 Å². The molecule has 1 spiro atoms. The van der Waals surface area contributed by atoms with Crippen LogP contribution in [0.4, 0.5) is 4.39 Å². The minimum absolute atomic E-state index is 0.0744. The van der Waals surface area contributed by atoms with E-state index in [1.165, 1.54) is 23.2 Å². The van der Waals surface area contributed by atoms with Gasteiger partial charge in [0.15, 0.2) is 5.69 Å². The standard InChI is InChI=1S/C27H31ClFN3O6/c1-26(2,3)25(36)38-22-20-24(35)31(4)14-27(9-15(10-27)13-37-5)32(20)12-17(21(22)33)23(34)30-11-16-7-6-8-18(28)19(16)29/h6-8,12,15H,9-11,13-14H2,1-5H3,(H,30,34)/t15-,27+. The monoisotopic (exact) mass is 547 g/mol. The number of ether oxygens (including phenoxy) is 2. The molecule has 1 saturated carbocycles. The van der Waals surface area contributed by atoms with Gasteiger partial charge >= 0.3 is 5.97 Å². The first-order valence-corrected chi connectivity index (χ1v) is 12.6. The summed E-state index contributed by atoms with van der Waals surface area (Å²) >= 11 is 5.84. The molecule has 38 heavy (non-hydrogen) atoms. The molecule has 9 nitrogen and oxygen atoms in total. The lowest BCUT2D eigenvalue weighted by molar-refractivity contribution is -0.143. The fourth-order valence-corrected chi connectivity index (χ4v) is 5.28. The first-order chi connectivity index (χ1) is 17.8. The molecule has 2 heterocycles. The largest absolute Gasteiger partial charge is 0.419 e. The van der Waals surface area contributed by atoms with E-state index in [0.29, 0.717) is 26.0 Å². The number of hydrogen-bond donors (Lipinski definition) is 1. The van der Waals surface area contributed by atoms with Crippen molar-refractivity contribution in [3.05, 3.63) is 62.3 Å². The van der Waals surface area contributed by atoms with Crippen LogP contribution in [0.25, 0.3) is 0 Å². The number of halogens is 2. The van der Waals surface area contributed by atoms with Crippen molar-refractivity contribution in [2.24, 2.45) is 11.3 Å². The molecule has 0 bridgehead atoms. The third kappa shape index (κ3) is 4.94. The summed E-state index contributed by atoms with van der Waals surface area (Å²) in [6, 6.07) is 4.39. The van der Waals surface area contributed by atoms with Crippen molar-refractivity contribution in [3.63, 3.8) is 0 Å². The highest BCUT2D eigenvalue weighted by Crippen LogP contribution is 2.48. The molecule has 2 amide bonds. The zero-order valence-corrected chi connectivity index (χ0v) is 22.8. The Labute approximate surface area is 224 Å². The van der Waals surface area contributed by atoms with E-state index >= 15 is 0 Å². The van der Waals surface area contributed by atoms with Gasteiger partial charge in [0.25, 0.3) is 11.8 Å². The Morgan fingerprint density at radius 2 is 1.92 bits per heavy atom. The highest BCUT2D eigenvalue weighted by Gasteiger charge is 2.52. The first-order valence-electron chi connectivity index (χ1n) is 12.3. The Morgan fingerprint density at radius 1 is 1.24 bits per heavy atom. The average molecular weight is 548 g/mol. The second-order valence-electron chi connectivity index (χ2n) is 11.1. The summed E-state index contributed by atoms with van der Waals surface area (Å²) < 4.78 is 26.8. The Bertz CT molecular complexity index is 1360. The number of esters is 1. The zero-order chi connectivity index (χ0) is 28.0. The molecular weight excluding hydrogens is 517 g/mol. The second kappa shape index (κ2) is 10.1. The quantitative estimate of drug-likeness (QED) is 0.556. The van der Waals surface area contributed by atoms with E-state index in [2.05, 4.69) is 5.32 Å². The number of benzene rings is 1. The van der Waals surface area contributed by atoms with E-state index in [0.717, 1.165) is 0 Å². The fourth-order valence-electron chi connectivity index (χ4n) is 5.09. The maximum Gasteiger partial charge on any atom is 0.316 e. The number of amides is 2. The Balaban J connectivity index is 1.80. The molecule has 1 fully saturated rings. The molecule has 1 N–H and O–H groups in total. The number of fused-ring (bicyclic) bond motifs is 2. The third-order valence-corrected chi connectivity index (χ3v) is 7.31. The van der Waals surface area contributed by atoms with Gasteiger partial charge in [-0.2, -0.15) is 0 Å². The molecule has 204 valence electrons. The lowest BCUT2D eigenvalue weighted by Gasteiger charge is -2.54. The number of nitrogens with zero attached hydrogens (tertiary/aromatic N) is 2. The molecule has 1 aromatic heterocycles. The summed E-state index contributed by atoms with van der Waals surface area (Å²) in [5.41, 5.74) is -2.74. The maximum atomic E-state index is 14.4. The highest BCUT2D eigenvalue weighted by molar-refractivity contribution is 6.30. The van der Waals surface area contributed by atoms with Crippen LogP contribution in [0.2, 0.25) is 5.02 Å². The molecular formula is C27H31ClFN3O6. The fraction of sp³-hybridized carbons (Fsp3) is 0.481. The van der Waals surface area contributed by atoms with Crippen molar-refractivity contribution < 1.29 is 28.2 Å². The SMILES string of the molecule is COC[C@H]1C[C@]2(CN(C)C(=O)c3c(OC(=O)C(C)(C)C)c(=O)c(C(=O)NCc4cccc(Cl)c4F)cn32)C1. The van der Waals surface area contributed by atoms with Crippen LogP contribution in [-0.2, 0) is 21.6 Å². The van der Waals surface area contributed by atoms with E-state index in [9.17, 15) is 23.6 Å². The van der Waals surface area contributed by atoms with Gasteiger partial charge < -0.3 is 24.3 Å². The molecule has 0 unspecified atom stereocenters. The van der Waals surface area contributed by atoms with Crippen LogP contribution in [0.15, 0.2) is 29.2 Å². The minimum Gasteiger partial charge on any atom is -0.419 e. The van der Waals surface area contributed by atoms with Crippen molar-refractivity contribution in [2.45, 2.75) is 45.7 Å². The number of likely N-dealkylation sites (N-methyl/N-ethyl adjacent to an activating group) is 1. The number of pyridine rings is 1. The Morgan fingerprint density at radius 3 is 2.55 bits per heavy atom. The summed E-state index contributed by atoms with van der Waals surface area (Å²) in [6.45, 7) is 5.50. The van der Waals surface area contributed by atoms with E-state index < -0.39 is 45.7 Å². The molecule has 11 heteroatoms. The lowest BCUT2D eigenvalue weighted by Crippen LogP contribution is -2.60. The van der Waals surface area contributed by atoms with Crippen molar-refractivity contribution in [2.75, 3.05) is 27.3 Å². The van der Waals surface area contributed by atoms with Crippen LogP contribution in [0, 0.1) is 17.2 Å². The van der Waals surface area contributed by atoms with Crippen LogP contribution in [0.3, 0.4) is 0 Å². The molecule has 2 aliphatic rings. The summed E-state index contributed by atoms with van der Waals surface area (Å²) in [5.74, 6) is -2.96. The smallest absolute Gasteiger partial charge is 0.316 e. The number of aromatic nitrogens is 1. The third-order valence-electron chi connectivity index (χ3n) is 7.02. The molecule has 1 aliphatic carbocycles. The predicted octanol–water partition coefficient (Wildman–Crippen LogP) is 3.36. The number of methoxy groups -OCH3 is 1. The maximum absolute atomic E-state index is 14.4. The van der Waals surface area contributed by atoms with Crippen molar-refractivity contribution in [1.29, 1.82) is 0 Å². The van der Waals surface area contributed by atoms with Crippen LogP contribution >= 0.6 is 11.6 Å². The normalized spacial score (nSPS) is 20.7. The summed E-state index contributed by atoms with van der Waals surface area (Å²) in [7, 11) is 3.23. The van der Waals surface area contributed by atoms with Gasteiger partial charge in [-0.1, -0.05) is 23.7 Å². The number of nitrogens with one attached hydrogen (secondary N) is 1. The van der Waals surface area contributed by atoms with E-state index in [-0.39, 0.29) is 34.3 Å².